The normalized spacial score (nSPS) is 19.3. The summed E-state index contributed by atoms with van der Waals surface area (Å²) in [4.78, 5) is 18.2. The van der Waals surface area contributed by atoms with Gasteiger partial charge in [0.05, 0.1) is 6.54 Å². The first kappa shape index (κ1) is 14.3. The molecule has 0 saturated heterocycles. The van der Waals surface area contributed by atoms with Gasteiger partial charge in [-0.15, -0.1) is 0 Å². The molecule has 0 aromatic carbocycles. The molecular formula is C15H25N3O. The fourth-order valence-electron chi connectivity index (χ4n) is 3.13. The number of rotatable bonds is 5. The van der Waals surface area contributed by atoms with E-state index in [-0.39, 0.29) is 5.41 Å². The molecule has 0 spiro atoms. The van der Waals surface area contributed by atoms with E-state index in [1.54, 1.807) is 0 Å². The second kappa shape index (κ2) is 6.33. The molecule has 0 unspecified atom stereocenters. The van der Waals surface area contributed by atoms with Gasteiger partial charge in [0.1, 0.15) is 12.1 Å². The van der Waals surface area contributed by atoms with Crippen molar-refractivity contribution < 1.29 is 4.79 Å². The van der Waals surface area contributed by atoms with Crippen molar-refractivity contribution in [3.63, 3.8) is 0 Å². The maximum atomic E-state index is 11.6. The molecule has 0 aliphatic heterocycles. The molecule has 106 valence electrons. The highest BCUT2D eigenvalue weighted by atomic mass is 16.1. The van der Waals surface area contributed by atoms with E-state index in [9.17, 15) is 4.79 Å². The molecule has 1 saturated carbocycles. The Morgan fingerprint density at radius 3 is 2.58 bits per heavy atom. The van der Waals surface area contributed by atoms with Crippen LogP contribution in [0.1, 0.15) is 44.3 Å². The quantitative estimate of drug-likeness (QED) is 0.605. The second-order valence-electron chi connectivity index (χ2n) is 6.02. The van der Waals surface area contributed by atoms with Crippen molar-refractivity contribution in [1.82, 2.24) is 14.5 Å². The van der Waals surface area contributed by atoms with Crippen molar-refractivity contribution in [2.24, 2.45) is 12.5 Å². The molecule has 0 bridgehead atoms. The Balaban J connectivity index is 1.97. The Morgan fingerprint density at radius 1 is 1.37 bits per heavy atom. The van der Waals surface area contributed by atoms with Crippen molar-refractivity contribution in [3.05, 3.63) is 18.2 Å². The van der Waals surface area contributed by atoms with Gasteiger partial charge in [-0.1, -0.05) is 25.7 Å². The molecule has 1 aliphatic carbocycles. The Kier molecular flexibility index (Phi) is 4.75. The Bertz CT molecular complexity index is 405. The summed E-state index contributed by atoms with van der Waals surface area (Å²) in [5.74, 6) is 1.05. The molecule has 19 heavy (non-hydrogen) atoms. The Hall–Kier alpha value is -1.16. The van der Waals surface area contributed by atoms with Crippen LogP contribution in [0.25, 0.3) is 0 Å². The number of hydrogen-bond donors (Lipinski definition) is 0. The van der Waals surface area contributed by atoms with Crippen LogP contribution in [0.4, 0.5) is 0 Å². The standard InChI is InChI=1S/C15H25N3O/c1-17(11-14-16-9-10-18(14)2)12-15(13-19)7-5-3-4-6-8-15/h9-10,13H,3-8,11-12H2,1-2H3. The molecule has 4 nitrogen and oxygen atoms in total. The molecule has 1 aromatic rings. The van der Waals surface area contributed by atoms with Gasteiger partial charge < -0.3 is 9.36 Å². The van der Waals surface area contributed by atoms with Crippen molar-refractivity contribution in [2.75, 3.05) is 13.6 Å². The van der Waals surface area contributed by atoms with E-state index in [2.05, 4.69) is 16.9 Å². The summed E-state index contributed by atoms with van der Waals surface area (Å²) in [6, 6.07) is 0. The number of aryl methyl sites for hydroxylation is 1. The van der Waals surface area contributed by atoms with Gasteiger partial charge in [-0.3, -0.25) is 4.90 Å². The maximum Gasteiger partial charge on any atom is 0.127 e. The molecule has 1 aliphatic rings. The summed E-state index contributed by atoms with van der Waals surface area (Å²) in [7, 11) is 4.10. The predicted molar refractivity (Wildman–Crippen MR) is 75.7 cm³/mol. The molecule has 1 aromatic heterocycles. The van der Waals surface area contributed by atoms with E-state index >= 15 is 0 Å². The van der Waals surface area contributed by atoms with Crippen molar-refractivity contribution in [1.29, 1.82) is 0 Å². The minimum Gasteiger partial charge on any atom is -0.337 e. The van der Waals surface area contributed by atoms with E-state index in [0.29, 0.717) is 0 Å². The third-order valence-electron chi connectivity index (χ3n) is 4.27. The monoisotopic (exact) mass is 263 g/mol. The lowest BCUT2D eigenvalue weighted by Gasteiger charge is -2.31. The summed E-state index contributed by atoms with van der Waals surface area (Å²) in [5, 5.41) is 0. The highest BCUT2D eigenvalue weighted by Gasteiger charge is 2.31. The van der Waals surface area contributed by atoms with E-state index in [1.807, 2.05) is 24.0 Å². The van der Waals surface area contributed by atoms with Gasteiger partial charge in [-0.25, -0.2) is 4.98 Å². The fraction of sp³-hybridized carbons (Fsp3) is 0.733. The Labute approximate surface area is 115 Å². The lowest BCUT2D eigenvalue weighted by Crippen LogP contribution is -2.36. The van der Waals surface area contributed by atoms with Crippen LogP contribution >= 0.6 is 0 Å². The summed E-state index contributed by atoms with van der Waals surface area (Å²) in [6.07, 6.45) is 12.0. The van der Waals surface area contributed by atoms with Crippen LogP contribution in [0.2, 0.25) is 0 Å². The molecule has 1 heterocycles. The first-order valence-electron chi connectivity index (χ1n) is 7.26. The summed E-state index contributed by atoms with van der Waals surface area (Å²) in [6.45, 7) is 1.66. The minimum absolute atomic E-state index is 0.129. The number of carbonyl (C=O) groups excluding carboxylic acids is 1. The molecule has 0 atom stereocenters. The zero-order valence-corrected chi connectivity index (χ0v) is 12.1. The zero-order chi connectivity index (χ0) is 13.7. The lowest BCUT2D eigenvalue weighted by atomic mass is 9.81. The predicted octanol–water partition coefficient (Wildman–Crippen LogP) is 2.39. The number of nitrogens with zero attached hydrogens (tertiary/aromatic N) is 3. The van der Waals surface area contributed by atoms with Gasteiger partial charge >= 0.3 is 0 Å². The molecule has 0 radical (unpaired) electrons. The number of imidazole rings is 1. The highest BCUT2D eigenvalue weighted by molar-refractivity contribution is 5.59. The number of carbonyl (C=O) groups is 1. The van der Waals surface area contributed by atoms with Crippen LogP contribution in [0, 0.1) is 5.41 Å². The molecule has 0 amide bonds. The van der Waals surface area contributed by atoms with Crippen molar-refractivity contribution >= 4 is 6.29 Å². The minimum atomic E-state index is -0.129. The SMILES string of the molecule is CN(Cc1nccn1C)CC1(C=O)CCCCCC1. The van der Waals surface area contributed by atoms with E-state index < -0.39 is 0 Å². The first-order valence-corrected chi connectivity index (χ1v) is 7.26. The van der Waals surface area contributed by atoms with Crippen LogP contribution in [0.3, 0.4) is 0 Å². The molecule has 0 N–H and O–H groups in total. The largest absolute Gasteiger partial charge is 0.337 e. The average molecular weight is 263 g/mol. The van der Waals surface area contributed by atoms with Crippen LogP contribution < -0.4 is 0 Å². The van der Waals surface area contributed by atoms with E-state index in [1.165, 1.54) is 32.0 Å². The fourth-order valence-corrected chi connectivity index (χ4v) is 3.13. The van der Waals surface area contributed by atoms with Crippen LogP contribution in [-0.2, 0) is 18.4 Å². The average Bonchev–Trinajstić information content (AvgIpc) is 2.66. The number of aldehydes is 1. The van der Waals surface area contributed by atoms with Crippen LogP contribution in [0.15, 0.2) is 12.4 Å². The summed E-state index contributed by atoms with van der Waals surface area (Å²) >= 11 is 0. The van der Waals surface area contributed by atoms with Gasteiger partial charge in [0, 0.05) is 31.4 Å². The topological polar surface area (TPSA) is 38.1 Å². The number of hydrogen-bond acceptors (Lipinski definition) is 3. The Morgan fingerprint density at radius 2 is 2.05 bits per heavy atom. The van der Waals surface area contributed by atoms with Gasteiger partial charge in [0.25, 0.3) is 0 Å². The second-order valence-corrected chi connectivity index (χ2v) is 6.02. The molecular weight excluding hydrogens is 238 g/mol. The zero-order valence-electron chi connectivity index (χ0n) is 12.1. The first-order chi connectivity index (χ1) is 9.15. The van der Waals surface area contributed by atoms with Crippen LogP contribution in [-0.4, -0.2) is 34.3 Å². The van der Waals surface area contributed by atoms with Gasteiger partial charge in [0.15, 0.2) is 0 Å². The molecule has 1 fully saturated rings. The smallest absolute Gasteiger partial charge is 0.127 e. The van der Waals surface area contributed by atoms with E-state index in [4.69, 9.17) is 0 Å². The number of aromatic nitrogens is 2. The lowest BCUT2D eigenvalue weighted by molar-refractivity contribution is -0.118. The van der Waals surface area contributed by atoms with Gasteiger partial charge in [0.2, 0.25) is 0 Å². The highest BCUT2D eigenvalue weighted by Crippen LogP contribution is 2.34. The van der Waals surface area contributed by atoms with Crippen molar-refractivity contribution in [2.45, 2.75) is 45.1 Å². The third-order valence-corrected chi connectivity index (χ3v) is 4.27. The maximum absolute atomic E-state index is 11.6. The molecule has 4 heteroatoms. The van der Waals surface area contributed by atoms with E-state index in [0.717, 1.165) is 31.8 Å². The van der Waals surface area contributed by atoms with Crippen LogP contribution in [0.5, 0.6) is 0 Å². The van der Waals surface area contributed by atoms with Crippen molar-refractivity contribution in [3.8, 4) is 0 Å². The third kappa shape index (κ3) is 3.66. The van der Waals surface area contributed by atoms with Gasteiger partial charge in [-0.2, -0.15) is 0 Å². The van der Waals surface area contributed by atoms with Gasteiger partial charge in [-0.05, 0) is 19.9 Å². The summed E-state index contributed by atoms with van der Waals surface area (Å²) in [5.41, 5.74) is -0.129. The summed E-state index contributed by atoms with van der Waals surface area (Å²) < 4.78 is 2.04. The molecule has 2 rings (SSSR count).